The zero-order valence-electron chi connectivity index (χ0n) is 10.2. The van der Waals surface area contributed by atoms with Gasteiger partial charge in [-0.25, -0.2) is 17.2 Å². The number of benzene rings is 2. The number of hydrogen-bond acceptors (Lipinski definition) is 5. The van der Waals surface area contributed by atoms with Crippen molar-refractivity contribution in [2.75, 3.05) is 4.72 Å². The fourth-order valence-electron chi connectivity index (χ4n) is 1.74. The zero-order valence-corrected chi connectivity index (χ0v) is 11.9. The molecule has 3 aromatic rings. The Morgan fingerprint density at radius 3 is 2.62 bits per heavy atom. The molecule has 0 spiro atoms. The van der Waals surface area contributed by atoms with Crippen molar-refractivity contribution in [3.8, 4) is 0 Å². The summed E-state index contributed by atoms with van der Waals surface area (Å²) in [4.78, 5) is -0.374. The van der Waals surface area contributed by atoms with Gasteiger partial charge in [0.25, 0.3) is 10.0 Å². The van der Waals surface area contributed by atoms with Gasteiger partial charge in [-0.2, -0.15) is 8.75 Å². The lowest BCUT2D eigenvalue weighted by molar-refractivity contribution is 0.504. The van der Waals surface area contributed by atoms with Gasteiger partial charge in [0.15, 0.2) is 11.6 Å². The van der Waals surface area contributed by atoms with Crippen LogP contribution in [0.5, 0.6) is 0 Å². The normalized spacial score (nSPS) is 11.7. The number of nitrogens with zero attached hydrogens (tertiary/aromatic N) is 2. The first-order valence-corrected chi connectivity index (χ1v) is 7.88. The third-order valence-electron chi connectivity index (χ3n) is 2.73. The van der Waals surface area contributed by atoms with E-state index in [0.29, 0.717) is 17.1 Å². The predicted octanol–water partition coefficient (Wildman–Crippen LogP) is 2.77. The van der Waals surface area contributed by atoms with E-state index < -0.39 is 21.7 Å². The van der Waals surface area contributed by atoms with Gasteiger partial charge in [0.05, 0.1) is 22.3 Å². The van der Waals surface area contributed by atoms with E-state index in [0.717, 1.165) is 23.9 Å². The average molecular weight is 327 g/mol. The summed E-state index contributed by atoms with van der Waals surface area (Å²) in [6.45, 7) is 0. The standard InChI is InChI=1S/C12H7F2N3O2S2/c13-8-5-4-7(6-9(8)14)21(18,19)17-11-3-1-2-10-12(11)16-20-15-10/h1-6,17H. The summed E-state index contributed by atoms with van der Waals surface area (Å²) >= 11 is 0.949. The Kier molecular flexibility index (Phi) is 3.30. The Hall–Kier alpha value is -2.13. The van der Waals surface area contributed by atoms with Crippen LogP contribution in [0, 0.1) is 11.6 Å². The Morgan fingerprint density at radius 2 is 1.86 bits per heavy atom. The molecule has 3 rings (SSSR count). The number of hydrogen-bond donors (Lipinski definition) is 1. The van der Waals surface area contributed by atoms with Crippen LogP contribution >= 0.6 is 11.7 Å². The first-order chi connectivity index (χ1) is 9.97. The monoisotopic (exact) mass is 327 g/mol. The van der Waals surface area contributed by atoms with E-state index in [1.165, 1.54) is 6.07 Å². The molecule has 0 fully saturated rings. The van der Waals surface area contributed by atoms with E-state index in [1.54, 1.807) is 12.1 Å². The van der Waals surface area contributed by atoms with Crippen LogP contribution in [-0.4, -0.2) is 17.2 Å². The van der Waals surface area contributed by atoms with Crippen LogP contribution in [0.2, 0.25) is 0 Å². The minimum atomic E-state index is -4.04. The highest BCUT2D eigenvalue weighted by atomic mass is 32.2. The molecule has 2 aromatic carbocycles. The second-order valence-electron chi connectivity index (χ2n) is 4.12. The topological polar surface area (TPSA) is 72.0 Å². The molecular formula is C12H7F2N3O2S2. The Bertz CT molecular complexity index is 925. The summed E-state index contributed by atoms with van der Waals surface area (Å²) in [5, 5.41) is 0. The summed E-state index contributed by atoms with van der Waals surface area (Å²) in [5.74, 6) is -2.34. The maximum absolute atomic E-state index is 13.2. The van der Waals surface area contributed by atoms with Crippen molar-refractivity contribution < 1.29 is 17.2 Å². The highest BCUT2D eigenvalue weighted by Gasteiger charge is 2.18. The van der Waals surface area contributed by atoms with Gasteiger partial charge in [0.1, 0.15) is 11.0 Å². The van der Waals surface area contributed by atoms with Crippen molar-refractivity contribution in [3.05, 3.63) is 48.0 Å². The minimum absolute atomic E-state index is 0.228. The van der Waals surface area contributed by atoms with E-state index in [1.807, 2.05) is 0 Å². The summed E-state index contributed by atoms with van der Waals surface area (Å²) < 4.78 is 60.7. The number of nitrogens with one attached hydrogen (secondary N) is 1. The van der Waals surface area contributed by atoms with Gasteiger partial charge in [-0.1, -0.05) is 6.07 Å². The predicted molar refractivity (Wildman–Crippen MR) is 74.6 cm³/mol. The first kappa shape index (κ1) is 13.8. The molecule has 1 heterocycles. The lowest BCUT2D eigenvalue weighted by Gasteiger charge is -2.08. The van der Waals surface area contributed by atoms with Crippen LogP contribution in [0.4, 0.5) is 14.5 Å². The smallest absolute Gasteiger partial charge is 0.262 e. The van der Waals surface area contributed by atoms with Crippen molar-refractivity contribution in [2.45, 2.75) is 4.90 Å². The number of sulfonamides is 1. The van der Waals surface area contributed by atoms with Crippen molar-refractivity contribution in [1.82, 2.24) is 8.75 Å². The summed E-state index contributed by atoms with van der Waals surface area (Å²) in [6.07, 6.45) is 0. The number of anilines is 1. The quantitative estimate of drug-likeness (QED) is 0.803. The molecule has 9 heteroatoms. The Morgan fingerprint density at radius 1 is 1.05 bits per heavy atom. The molecular weight excluding hydrogens is 320 g/mol. The number of aromatic nitrogens is 2. The largest absolute Gasteiger partial charge is 0.277 e. The number of rotatable bonds is 3. The fraction of sp³-hybridized carbons (Fsp3) is 0. The maximum Gasteiger partial charge on any atom is 0.262 e. The SMILES string of the molecule is O=S(=O)(Nc1cccc2nsnc12)c1ccc(F)c(F)c1. The van der Waals surface area contributed by atoms with Crippen molar-refractivity contribution in [3.63, 3.8) is 0 Å². The van der Waals surface area contributed by atoms with Crippen molar-refractivity contribution in [2.24, 2.45) is 0 Å². The van der Waals surface area contributed by atoms with Crippen LogP contribution < -0.4 is 4.72 Å². The van der Waals surface area contributed by atoms with Crippen molar-refractivity contribution >= 4 is 38.5 Å². The molecule has 5 nitrogen and oxygen atoms in total. The van der Waals surface area contributed by atoms with Gasteiger partial charge in [-0.3, -0.25) is 4.72 Å². The molecule has 108 valence electrons. The molecule has 0 saturated heterocycles. The molecule has 0 aliphatic heterocycles. The van der Waals surface area contributed by atoms with Crippen LogP contribution in [0.1, 0.15) is 0 Å². The fourth-order valence-corrected chi connectivity index (χ4v) is 3.36. The third kappa shape index (κ3) is 2.57. The molecule has 0 aliphatic rings. The van der Waals surface area contributed by atoms with Crippen LogP contribution in [-0.2, 0) is 10.0 Å². The second-order valence-corrected chi connectivity index (χ2v) is 6.33. The van der Waals surface area contributed by atoms with Crippen LogP contribution in [0.25, 0.3) is 11.0 Å². The lowest BCUT2D eigenvalue weighted by Crippen LogP contribution is -2.13. The van der Waals surface area contributed by atoms with Gasteiger partial charge < -0.3 is 0 Å². The van der Waals surface area contributed by atoms with Crippen LogP contribution in [0.3, 0.4) is 0 Å². The molecule has 1 aromatic heterocycles. The lowest BCUT2D eigenvalue weighted by atomic mass is 10.3. The van der Waals surface area contributed by atoms with Gasteiger partial charge in [-0.15, -0.1) is 0 Å². The molecule has 0 unspecified atom stereocenters. The summed E-state index contributed by atoms with van der Waals surface area (Å²) in [7, 11) is -4.04. The summed E-state index contributed by atoms with van der Waals surface area (Å²) in [5.41, 5.74) is 1.17. The molecule has 0 aliphatic carbocycles. The van der Waals surface area contributed by atoms with Crippen molar-refractivity contribution in [1.29, 1.82) is 0 Å². The maximum atomic E-state index is 13.2. The molecule has 0 saturated carbocycles. The highest BCUT2D eigenvalue weighted by molar-refractivity contribution is 7.92. The molecule has 0 bridgehead atoms. The van der Waals surface area contributed by atoms with E-state index in [4.69, 9.17) is 0 Å². The Balaban J connectivity index is 2.03. The van der Waals surface area contributed by atoms with E-state index in [-0.39, 0.29) is 10.6 Å². The first-order valence-electron chi connectivity index (χ1n) is 5.66. The molecule has 0 radical (unpaired) electrons. The number of halogens is 2. The molecule has 21 heavy (non-hydrogen) atoms. The van der Waals surface area contributed by atoms with Gasteiger partial charge in [-0.05, 0) is 30.3 Å². The van der Waals surface area contributed by atoms with Gasteiger partial charge in [0.2, 0.25) is 0 Å². The zero-order chi connectivity index (χ0) is 15.0. The van der Waals surface area contributed by atoms with Gasteiger partial charge in [0, 0.05) is 0 Å². The molecule has 0 atom stereocenters. The minimum Gasteiger partial charge on any atom is -0.277 e. The van der Waals surface area contributed by atoms with Crippen LogP contribution in [0.15, 0.2) is 41.3 Å². The average Bonchev–Trinajstić information content (AvgIpc) is 2.91. The molecule has 0 amide bonds. The summed E-state index contributed by atoms with van der Waals surface area (Å²) in [6, 6.07) is 7.19. The highest BCUT2D eigenvalue weighted by Crippen LogP contribution is 2.24. The van der Waals surface area contributed by atoms with E-state index in [2.05, 4.69) is 13.5 Å². The number of fused-ring (bicyclic) bond motifs is 1. The van der Waals surface area contributed by atoms with E-state index >= 15 is 0 Å². The van der Waals surface area contributed by atoms with Gasteiger partial charge >= 0.3 is 0 Å². The van der Waals surface area contributed by atoms with E-state index in [9.17, 15) is 17.2 Å². The molecule has 1 N–H and O–H groups in total. The Labute approximate surface area is 122 Å². The third-order valence-corrected chi connectivity index (χ3v) is 4.64. The second kappa shape index (κ2) is 5.01.